The molecule has 4 N–H and O–H groups in total. The number of aromatic nitrogens is 3. The van der Waals surface area contributed by atoms with Crippen LogP contribution in [0.3, 0.4) is 0 Å². The highest BCUT2D eigenvalue weighted by atomic mass is 35.5. The molecule has 0 spiro atoms. The van der Waals surface area contributed by atoms with Crippen LogP contribution < -0.4 is 20.5 Å². The summed E-state index contributed by atoms with van der Waals surface area (Å²) in [6.45, 7) is 0.108. The summed E-state index contributed by atoms with van der Waals surface area (Å²) < 4.78 is 71.6. The third-order valence-electron chi connectivity index (χ3n) is 7.39. The Morgan fingerprint density at radius 1 is 1.20 bits per heavy atom. The molecule has 0 saturated heterocycles. The molecular weight excluding hydrogens is 657 g/mol. The number of carbonyl (C=O) groups excluding carboxylic acids is 2. The molecule has 1 aliphatic rings. The standard InChI is InChI=1S/C30H27Cl2F4N5O5/c1-3-46-27-14(11-22(37)42)10-21(39-26(27)18-6-7-19(31)24(33)23(18)32)29(44,30(34,35)36)13-38-28(43)15-8-16-12-41(17-4-5-17)40-25(16)20(9-15)45-2/h6-10,12,17,44H,3-5,11,13H2,1-2H3,(H2,37,42)(H,38,43)/t29-/m0/s1. The predicted octanol–water partition coefficient (Wildman–Crippen LogP) is 5.49. The fraction of sp³-hybridized carbons (Fsp3) is 0.333. The molecule has 5 rings (SSSR count). The summed E-state index contributed by atoms with van der Waals surface area (Å²) in [5.74, 6) is -2.98. The van der Waals surface area contributed by atoms with E-state index < -0.39 is 58.8 Å². The summed E-state index contributed by atoms with van der Waals surface area (Å²) in [6, 6.07) is 6.08. The average Bonchev–Trinajstić information content (AvgIpc) is 3.76. The second-order valence-corrected chi connectivity index (χ2v) is 11.4. The number of halogens is 6. The fourth-order valence-electron chi connectivity index (χ4n) is 4.89. The maximum absolute atomic E-state index is 14.7. The van der Waals surface area contributed by atoms with E-state index in [0.717, 1.165) is 25.0 Å². The number of amides is 2. The van der Waals surface area contributed by atoms with Gasteiger partial charge >= 0.3 is 6.18 Å². The van der Waals surface area contributed by atoms with E-state index in [1.54, 1.807) is 17.8 Å². The lowest BCUT2D eigenvalue weighted by molar-refractivity contribution is -0.265. The molecule has 2 aromatic carbocycles. The Balaban J connectivity index is 1.58. The summed E-state index contributed by atoms with van der Waals surface area (Å²) in [4.78, 5) is 29.2. The highest BCUT2D eigenvalue weighted by Crippen LogP contribution is 2.44. The summed E-state index contributed by atoms with van der Waals surface area (Å²) >= 11 is 12.0. The van der Waals surface area contributed by atoms with Gasteiger partial charge in [-0.05, 0) is 50.1 Å². The SMILES string of the molecule is CCOc1c(CC(N)=O)cc([C@@](O)(CNC(=O)c2cc(OC)c3nn(C4CC4)cc3c2)C(F)(F)F)nc1-c1ccc(Cl)c(F)c1Cl. The first kappa shape index (κ1) is 33.2. The van der Waals surface area contributed by atoms with Gasteiger partial charge in [0.15, 0.2) is 5.82 Å². The van der Waals surface area contributed by atoms with Gasteiger partial charge in [-0.1, -0.05) is 23.2 Å². The Kier molecular flexibility index (Phi) is 9.08. The lowest BCUT2D eigenvalue weighted by atomic mass is 9.93. The minimum atomic E-state index is -5.43. The topological polar surface area (TPSA) is 142 Å². The molecule has 1 aliphatic carbocycles. The number of carbonyl (C=O) groups is 2. The zero-order valence-corrected chi connectivity index (χ0v) is 25.9. The van der Waals surface area contributed by atoms with Crippen LogP contribution in [-0.2, 0) is 16.8 Å². The molecule has 0 aliphatic heterocycles. The molecular formula is C30H27Cl2F4N5O5. The van der Waals surface area contributed by atoms with E-state index in [0.29, 0.717) is 10.9 Å². The smallest absolute Gasteiger partial charge is 0.424 e. The minimum Gasteiger partial charge on any atom is -0.494 e. The number of primary amides is 1. The lowest BCUT2D eigenvalue weighted by Crippen LogP contribution is -2.51. The van der Waals surface area contributed by atoms with Gasteiger partial charge < -0.3 is 25.6 Å². The maximum atomic E-state index is 14.7. The first-order valence-electron chi connectivity index (χ1n) is 13.9. The maximum Gasteiger partial charge on any atom is 0.424 e. The molecule has 16 heteroatoms. The number of ether oxygens (including phenoxy) is 2. The molecule has 10 nitrogen and oxygen atoms in total. The Bertz CT molecular complexity index is 1850. The quantitative estimate of drug-likeness (QED) is 0.140. The Hall–Kier alpha value is -4.14. The monoisotopic (exact) mass is 683 g/mol. The van der Waals surface area contributed by atoms with Crippen molar-refractivity contribution in [2.75, 3.05) is 20.3 Å². The molecule has 0 radical (unpaired) electrons. The number of rotatable bonds is 11. The number of aliphatic hydroxyl groups is 1. The van der Waals surface area contributed by atoms with E-state index in [4.69, 9.17) is 38.4 Å². The molecule has 0 bridgehead atoms. The molecule has 1 saturated carbocycles. The third kappa shape index (κ3) is 6.29. The minimum absolute atomic E-state index is 0.0412. The van der Waals surface area contributed by atoms with Crippen molar-refractivity contribution in [1.29, 1.82) is 0 Å². The number of nitrogens with one attached hydrogen (secondary N) is 1. The molecule has 4 aromatic rings. The Morgan fingerprint density at radius 2 is 1.91 bits per heavy atom. The highest BCUT2D eigenvalue weighted by Gasteiger charge is 2.57. The number of hydrogen-bond acceptors (Lipinski definition) is 7. The van der Waals surface area contributed by atoms with Crippen molar-refractivity contribution in [2.24, 2.45) is 5.73 Å². The Labute approximate surface area is 269 Å². The van der Waals surface area contributed by atoms with Gasteiger partial charge in [-0.25, -0.2) is 9.37 Å². The second-order valence-electron chi connectivity index (χ2n) is 10.6. The van der Waals surface area contributed by atoms with Crippen LogP contribution in [0.2, 0.25) is 10.0 Å². The van der Waals surface area contributed by atoms with Crippen LogP contribution in [0.1, 0.15) is 47.4 Å². The number of fused-ring (bicyclic) bond motifs is 1. The number of nitrogens with zero attached hydrogens (tertiary/aromatic N) is 3. The largest absolute Gasteiger partial charge is 0.494 e. The van der Waals surface area contributed by atoms with Crippen molar-refractivity contribution in [3.05, 3.63) is 69.2 Å². The molecule has 2 aromatic heterocycles. The van der Waals surface area contributed by atoms with Gasteiger partial charge in [0.1, 0.15) is 22.7 Å². The molecule has 0 unspecified atom stereocenters. The van der Waals surface area contributed by atoms with Crippen molar-refractivity contribution in [3.63, 3.8) is 0 Å². The second kappa shape index (κ2) is 12.6. The number of pyridine rings is 1. The van der Waals surface area contributed by atoms with Crippen LogP contribution in [0.25, 0.3) is 22.2 Å². The zero-order chi connectivity index (χ0) is 33.6. The van der Waals surface area contributed by atoms with Crippen LogP contribution in [0.5, 0.6) is 11.5 Å². The van der Waals surface area contributed by atoms with Gasteiger partial charge in [0.25, 0.3) is 5.91 Å². The van der Waals surface area contributed by atoms with Gasteiger partial charge in [-0.2, -0.15) is 18.3 Å². The number of hydrogen-bond donors (Lipinski definition) is 3. The number of alkyl halides is 3. The van der Waals surface area contributed by atoms with Crippen molar-refractivity contribution >= 4 is 45.9 Å². The normalized spacial score (nSPS) is 14.6. The average molecular weight is 684 g/mol. The van der Waals surface area contributed by atoms with E-state index in [1.165, 1.54) is 25.3 Å². The number of benzene rings is 2. The molecule has 244 valence electrons. The Morgan fingerprint density at radius 3 is 2.52 bits per heavy atom. The van der Waals surface area contributed by atoms with Crippen LogP contribution in [0.4, 0.5) is 17.6 Å². The summed E-state index contributed by atoms with van der Waals surface area (Å²) in [7, 11) is 1.37. The van der Waals surface area contributed by atoms with Crippen LogP contribution in [0, 0.1) is 5.82 Å². The lowest BCUT2D eigenvalue weighted by Gasteiger charge is -2.31. The summed E-state index contributed by atoms with van der Waals surface area (Å²) in [5, 5.41) is 17.4. The van der Waals surface area contributed by atoms with Gasteiger partial charge in [-0.15, -0.1) is 0 Å². The summed E-state index contributed by atoms with van der Waals surface area (Å²) in [5.41, 5.74) is 0.0704. The molecule has 2 heterocycles. The van der Waals surface area contributed by atoms with Gasteiger partial charge in [-0.3, -0.25) is 14.3 Å². The van der Waals surface area contributed by atoms with Crippen LogP contribution in [0.15, 0.2) is 36.5 Å². The first-order chi connectivity index (χ1) is 21.7. The van der Waals surface area contributed by atoms with Crippen molar-refractivity contribution < 1.29 is 41.7 Å². The van der Waals surface area contributed by atoms with Crippen molar-refractivity contribution in [3.8, 4) is 22.8 Å². The third-order valence-corrected chi connectivity index (χ3v) is 8.05. The van der Waals surface area contributed by atoms with Gasteiger partial charge in [0.2, 0.25) is 11.5 Å². The van der Waals surface area contributed by atoms with E-state index >= 15 is 0 Å². The van der Waals surface area contributed by atoms with Crippen molar-refractivity contribution in [2.45, 2.75) is 44.0 Å². The highest BCUT2D eigenvalue weighted by molar-refractivity contribution is 6.36. The predicted molar refractivity (Wildman–Crippen MR) is 161 cm³/mol. The van der Waals surface area contributed by atoms with E-state index in [-0.39, 0.29) is 45.9 Å². The molecule has 1 atom stereocenters. The van der Waals surface area contributed by atoms with Gasteiger partial charge in [0.05, 0.1) is 48.5 Å². The molecule has 46 heavy (non-hydrogen) atoms. The zero-order valence-electron chi connectivity index (χ0n) is 24.3. The van der Waals surface area contributed by atoms with Crippen LogP contribution in [-0.4, -0.2) is 58.1 Å². The van der Waals surface area contributed by atoms with Crippen LogP contribution >= 0.6 is 23.2 Å². The number of methoxy groups -OCH3 is 1. The van der Waals surface area contributed by atoms with E-state index in [9.17, 15) is 32.3 Å². The van der Waals surface area contributed by atoms with Crippen molar-refractivity contribution in [1.82, 2.24) is 20.1 Å². The van der Waals surface area contributed by atoms with E-state index in [1.807, 2.05) is 0 Å². The fourth-order valence-corrected chi connectivity index (χ4v) is 5.35. The molecule has 1 fully saturated rings. The summed E-state index contributed by atoms with van der Waals surface area (Å²) in [6.07, 6.45) is -2.46. The molecule has 2 amide bonds. The van der Waals surface area contributed by atoms with Gasteiger partial charge in [0, 0.05) is 28.3 Å². The first-order valence-corrected chi connectivity index (χ1v) is 14.7. The van der Waals surface area contributed by atoms with E-state index in [2.05, 4.69) is 15.4 Å². The number of nitrogens with two attached hydrogens (primary N) is 1.